The summed E-state index contributed by atoms with van der Waals surface area (Å²) in [4.78, 5) is 25.3. The summed E-state index contributed by atoms with van der Waals surface area (Å²) in [6, 6.07) is 4.86. The smallest absolute Gasteiger partial charge is 0.240 e. The van der Waals surface area contributed by atoms with Crippen LogP contribution in [0.25, 0.3) is 0 Å². The van der Waals surface area contributed by atoms with Crippen molar-refractivity contribution in [1.82, 2.24) is 10.0 Å². The molecule has 8 heteroatoms. The molecule has 0 saturated carbocycles. The number of carbonyl (C=O) groups is 2. The van der Waals surface area contributed by atoms with Crippen molar-refractivity contribution in [2.45, 2.75) is 63.9 Å². The van der Waals surface area contributed by atoms with E-state index in [-0.39, 0.29) is 41.8 Å². The van der Waals surface area contributed by atoms with Crippen molar-refractivity contribution < 1.29 is 18.0 Å². The molecule has 1 heterocycles. The van der Waals surface area contributed by atoms with Gasteiger partial charge in [-0.1, -0.05) is 6.92 Å². The molecule has 2 atom stereocenters. The van der Waals surface area contributed by atoms with E-state index in [4.69, 9.17) is 0 Å². The topological polar surface area (TPSA) is 95.6 Å². The van der Waals surface area contributed by atoms with Gasteiger partial charge in [0.2, 0.25) is 21.8 Å². The zero-order chi connectivity index (χ0) is 19.5. The predicted octanol–water partition coefficient (Wildman–Crippen LogP) is 1.57. The summed E-state index contributed by atoms with van der Waals surface area (Å²) in [6.45, 7) is 7.34. The Morgan fingerprint density at radius 3 is 2.65 bits per heavy atom. The molecule has 0 unspecified atom stereocenters. The summed E-state index contributed by atoms with van der Waals surface area (Å²) in [5.74, 6) is -0.237. The molecule has 0 aliphatic carbocycles. The van der Waals surface area contributed by atoms with Gasteiger partial charge in [-0.15, -0.1) is 0 Å². The van der Waals surface area contributed by atoms with Gasteiger partial charge in [0.15, 0.2) is 0 Å². The van der Waals surface area contributed by atoms with E-state index < -0.39 is 10.0 Å². The fourth-order valence-electron chi connectivity index (χ4n) is 3.09. The molecule has 1 aromatic carbocycles. The van der Waals surface area contributed by atoms with Crippen LogP contribution in [0, 0.1) is 0 Å². The SMILES string of the molecule is CC[C@@H](C)NC(=O)CCNS(=O)(=O)c1ccc2c(c1)C[C@H](C)N2C(C)=O. The van der Waals surface area contributed by atoms with E-state index in [0.29, 0.717) is 6.42 Å². The van der Waals surface area contributed by atoms with E-state index in [2.05, 4.69) is 10.0 Å². The van der Waals surface area contributed by atoms with Crippen LogP contribution >= 0.6 is 0 Å². The van der Waals surface area contributed by atoms with Crippen molar-refractivity contribution in [3.8, 4) is 0 Å². The highest BCUT2D eigenvalue weighted by molar-refractivity contribution is 7.89. The predicted molar refractivity (Wildman–Crippen MR) is 100 cm³/mol. The lowest BCUT2D eigenvalue weighted by Crippen LogP contribution is -2.35. The van der Waals surface area contributed by atoms with Gasteiger partial charge in [-0.25, -0.2) is 13.1 Å². The van der Waals surface area contributed by atoms with Crippen molar-refractivity contribution in [3.05, 3.63) is 23.8 Å². The minimum atomic E-state index is -3.70. The number of hydrogen-bond acceptors (Lipinski definition) is 4. The first-order valence-corrected chi connectivity index (χ1v) is 10.4. The molecule has 7 nitrogen and oxygen atoms in total. The normalized spacial score (nSPS) is 17.7. The molecular weight excluding hydrogens is 354 g/mol. The maximum atomic E-state index is 12.5. The first-order valence-electron chi connectivity index (χ1n) is 8.87. The van der Waals surface area contributed by atoms with Crippen LogP contribution in [0.3, 0.4) is 0 Å². The molecule has 0 radical (unpaired) electrons. The number of benzene rings is 1. The summed E-state index contributed by atoms with van der Waals surface area (Å²) >= 11 is 0. The van der Waals surface area contributed by atoms with Gasteiger partial charge in [0.25, 0.3) is 0 Å². The van der Waals surface area contributed by atoms with Gasteiger partial charge in [-0.2, -0.15) is 0 Å². The molecule has 1 aliphatic heterocycles. The lowest BCUT2D eigenvalue weighted by Gasteiger charge is -2.20. The number of hydrogen-bond donors (Lipinski definition) is 2. The summed E-state index contributed by atoms with van der Waals surface area (Å²) in [5.41, 5.74) is 1.60. The van der Waals surface area contributed by atoms with E-state index in [9.17, 15) is 18.0 Å². The number of anilines is 1. The average molecular weight is 381 g/mol. The second-order valence-corrected chi connectivity index (χ2v) is 8.52. The Bertz CT molecular complexity index is 792. The van der Waals surface area contributed by atoms with Crippen molar-refractivity contribution in [2.24, 2.45) is 0 Å². The van der Waals surface area contributed by atoms with Crippen LogP contribution in [-0.2, 0) is 26.0 Å². The van der Waals surface area contributed by atoms with Gasteiger partial charge in [0.1, 0.15) is 0 Å². The third kappa shape index (κ3) is 4.62. The van der Waals surface area contributed by atoms with Gasteiger partial charge < -0.3 is 10.2 Å². The monoisotopic (exact) mass is 381 g/mol. The number of sulfonamides is 1. The standard InChI is InChI=1S/C18H27N3O4S/c1-5-12(2)20-18(23)8-9-19-26(24,25)16-6-7-17-15(11-16)10-13(3)21(17)14(4)22/h6-7,11-13,19H,5,8-10H2,1-4H3,(H,20,23)/t12-,13+/m1/s1. The van der Waals surface area contributed by atoms with E-state index >= 15 is 0 Å². The zero-order valence-electron chi connectivity index (χ0n) is 15.7. The number of amides is 2. The Hall–Kier alpha value is -1.93. The third-order valence-electron chi connectivity index (χ3n) is 4.58. The molecule has 0 aromatic heterocycles. The first-order chi connectivity index (χ1) is 12.2. The van der Waals surface area contributed by atoms with Gasteiger partial charge in [-0.05, 0) is 50.5 Å². The Balaban J connectivity index is 2.03. The highest BCUT2D eigenvalue weighted by Crippen LogP contribution is 2.33. The van der Waals surface area contributed by atoms with Crippen LogP contribution < -0.4 is 14.9 Å². The Morgan fingerprint density at radius 1 is 1.35 bits per heavy atom. The number of fused-ring (bicyclic) bond motifs is 1. The fraction of sp³-hybridized carbons (Fsp3) is 0.556. The van der Waals surface area contributed by atoms with Crippen molar-refractivity contribution in [3.63, 3.8) is 0 Å². The van der Waals surface area contributed by atoms with Crippen LogP contribution in [-0.4, -0.2) is 38.9 Å². The molecule has 144 valence electrons. The third-order valence-corrected chi connectivity index (χ3v) is 6.04. The van der Waals surface area contributed by atoms with Gasteiger partial charge in [-0.3, -0.25) is 9.59 Å². The lowest BCUT2D eigenvalue weighted by molar-refractivity contribution is -0.121. The molecule has 0 spiro atoms. The molecular formula is C18H27N3O4S. The van der Waals surface area contributed by atoms with E-state index in [1.54, 1.807) is 17.0 Å². The molecule has 26 heavy (non-hydrogen) atoms. The molecule has 0 saturated heterocycles. The van der Waals surface area contributed by atoms with E-state index in [0.717, 1.165) is 17.7 Å². The first kappa shape index (κ1) is 20.4. The molecule has 2 N–H and O–H groups in total. The zero-order valence-corrected chi connectivity index (χ0v) is 16.5. The maximum Gasteiger partial charge on any atom is 0.240 e. The summed E-state index contributed by atoms with van der Waals surface area (Å²) in [6.07, 6.45) is 1.53. The number of nitrogens with one attached hydrogen (secondary N) is 2. The highest BCUT2D eigenvalue weighted by atomic mass is 32.2. The second-order valence-electron chi connectivity index (χ2n) is 6.76. The van der Waals surface area contributed by atoms with Gasteiger partial charge in [0.05, 0.1) is 4.90 Å². The molecule has 1 aliphatic rings. The lowest BCUT2D eigenvalue weighted by atomic mass is 10.1. The quantitative estimate of drug-likeness (QED) is 0.749. The summed E-state index contributed by atoms with van der Waals surface area (Å²) < 4.78 is 27.4. The maximum absolute atomic E-state index is 12.5. The molecule has 2 rings (SSSR count). The Labute approximate surface area is 155 Å². The number of nitrogens with zero attached hydrogens (tertiary/aromatic N) is 1. The molecule has 0 bridgehead atoms. The molecule has 2 amide bonds. The summed E-state index contributed by atoms with van der Waals surface area (Å²) in [5, 5.41) is 2.80. The van der Waals surface area contributed by atoms with Crippen molar-refractivity contribution in [1.29, 1.82) is 0 Å². The van der Waals surface area contributed by atoms with Crippen LogP contribution in [0.2, 0.25) is 0 Å². The van der Waals surface area contributed by atoms with Crippen LogP contribution in [0.5, 0.6) is 0 Å². The molecule has 0 fully saturated rings. The van der Waals surface area contributed by atoms with Gasteiger partial charge in [0, 0.05) is 37.7 Å². The van der Waals surface area contributed by atoms with E-state index in [1.807, 2.05) is 20.8 Å². The van der Waals surface area contributed by atoms with Crippen molar-refractivity contribution in [2.75, 3.05) is 11.4 Å². The number of rotatable bonds is 7. The average Bonchev–Trinajstić information content (AvgIpc) is 2.89. The second kappa shape index (κ2) is 8.18. The minimum Gasteiger partial charge on any atom is -0.354 e. The largest absolute Gasteiger partial charge is 0.354 e. The molecule has 1 aromatic rings. The van der Waals surface area contributed by atoms with Crippen LogP contribution in [0.1, 0.15) is 46.1 Å². The fourth-order valence-corrected chi connectivity index (χ4v) is 4.17. The number of carbonyl (C=O) groups excluding carboxylic acids is 2. The van der Waals surface area contributed by atoms with Crippen LogP contribution in [0.15, 0.2) is 23.1 Å². The summed E-state index contributed by atoms with van der Waals surface area (Å²) in [7, 11) is -3.70. The van der Waals surface area contributed by atoms with Crippen molar-refractivity contribution >= 4 is 27.5 Å². The Kier molecular flexibility index (Phi) is 6.41. The Morgan fingerprint density at radius 2 is 2.04 bits per heavy atom. The van der Waals surface area contributed by atoms with Crippen LogP contribution in [0.4, 0.5) is 5.69 Å². The van der Waals surface area contributed by atoms with Gasteiger partial charge >= 0.3 is 0 Å². The minimum absolute atomic E-state index is 0.0117. The highest BCUT2D eigenvalue weighted by Gasteiger charge is 2.30. The van der Waals surface area contributed by atoms with E-state index in [1.165, 1.54) is 13.0 Å².